The number of thioether (sulfide) groups is 1. The number of rotatable bonds is 4. The summed E-state index contributed by atoms with van der Waals surface area (Å²) in [5.41, 5.74) is 1.83. The minimum absolute atomic E-state index is 0.597. The third-order valence-electron chi connectivity index (χ3n) is 2.84. The van der Waals surface area contributed by atoms with Gasteiger partial charge in [0.15, 0.2) is 5.82 Å². The number of pyridine rings is 1. The van der Waals surface area contributed by atoms with Crippen LogP contribution in [0, 0.1) is 6.92 Å². The van der Waals surface area contributed by atoms with Crippen molar-refractivity contribution in [3.63, 3.8) is 0 Å². The van der Waals surface area contributed by atoms with Gasteiger partial charge < -0.3 is 10.3 Å². The van der Waals surface area contributed by atoms with Crippen LogP contribution in [0.5, 0.6) is 0 Å². The van der Waals surface area contributed by atoms with Crippen molar-refractivity contribution in [2.45, 2.75) is 17.8 Å². The van der Waals surface area contributed by atoms with Gasteiger partial charge in [-0.05, 0) is 25.1 Å². The fraction of sp³-hybridized carbons (Fsp3) is 0.154. The molecule has 0 atom stereocenters. The number of aromatic nitrogens is 4. The molecular formula is C13H13N5OS. The average Bonchev–Trinajstić information content (AvgIpc) is 3.04. The first-order valence-corrected chi connectivity index (χ1v) is 7.02. The van der Waals surface area contributed by atoms with Gasteiger partial charge in [-0.3, -0.25) is 4.98 Å². The first kappa shape index (κ1) is 12.7. The summed E-state index contributed by atoms with van der Waals surface area (Å²) in [5, 5.41) is 8.87. The summed E-state index contributed by atoms with van der Waals surface area (Å²) < 4.78 is 6.74. The zero-order chi connectivity index (χ0) is 13.9. The van der Waals surface area contributed by atoms with E-state index >= 15 is 0 Å². The molecule has 3 heterocycles. The van der Waals surface area contributed by atoms with E-state index in [4.69, 9.17) is 10.3 Å². The third-order valence-corrected chi connectivity index (χ3v) is 3.82. The summed E-state index contributed by atoms with van der Waals surface area (Å²) in [5.74, 6) is 8.10. The van der Waals surface area contributed by atoms with E-state index in [0.717, 1.165) is 17.0 Å². The molecule has 0 fully saturated rings. The maximum atomic E-state index is 6.04. The number of furan rings is 1. The molecule has 3 aromatic rings. The van der Waals surface area contributed by atoms with E-state index in [1.54, 1.807) is 12.5 Å². The summed E-state index contributed by atoms with van der Waals surface area (Å²) in [6.45, 7) is 1.87. The topological polar surface area (TPSA) is 82.8 Å². The highest BCUT2D eigenvalue weighted by molar-refractivity contribution is 7.98. The van der Waals surface area contributed by atoms with E-state index in [9.17, 15) is 0 Å². The Hall–Kier alpha value is -2.28. The number of nitrogen functional groups attached to an aromatic ring is 1. The highest BCUT2D eigenvalue weighted by Gasteiger charge is 2.15. The molecule has 7 heteroatoms. The molecule has 0 unspecified atom stereocenters. The molecule has 0 amide bonds. The van der Waals surface area contributed by atoms with Crippen LogP contribution in [-0.2, 0) is 5.75 Å². The number of hydrogen-bond acceptors (Lipinski definition) is 6. The van der Waals surface area contributed by atoms with Gasteiger partial charge in [-0.15, -0.1) is 10.2 Å². The Balaban J connectivity index is 1.79. The fourth-order valence-electron chi connectivity index (χ4n) is 1.80. The molecule has 0 aromatic carbocycles. The van der Waals surface area contributed by atoms with Crippen LogP contribution in [0.15, 0.2) is 46.3 Å². The minimum Gasteiger partial charge on any atom is -0.469 e. The van der Waals surface area contributed by atoms with Gasteiger partial charge in [0.05, 0.1) is 17.5 Å². The Morgan fingerprint density at radius 3 is 2.90 bits per heavy atom. The van der Waals surface area contributed by atoms with Crippen molar-refractivity contribution in [2.24, 2.45) is 0 Å². The van der Waals surface area contributed by atoms with Gasteiger partial charge in [-0.25, -0.2) is 4.68 Å². The number of aryl methyl sites for hydroxylation is 1. The molecule has 0 saturated carbocycles. The van der Waals surface area contributed by atoms with Crippen LogP contribution in [-0.4, -0.2) is 19.9 Å². The molecule has 102 valence electrons. The van der Waals surface area contributed by atoms with Crippen LogP contribution in [0.4, 0.5) is 0 Å². The lowest BCUT2D eigenvalue weighted by Gasteiger charge is -2.02. The molecule has 2 N–H and O–H groups in total. The predicted molar refractivity (Wildman–Crippen MR) is 76.4 cm³/mol. The van der Waals surface area contributed by atoms with E-state index in [1.165, 1.54) is 16.4 Å². The lowest BCUT2D eigenvalue weighted by atomic mass is 10.2. The highest BCUT2D eigenvalue weighted by Crippen LogP contribution is 2.26. The van der Waals surface area contributed by atoms with Crippen LogP contribution in [0.3, 0.4) is 0 Å². The highest BCUT2D eigenvalue weighted by atomic mass is 32.2. The van der Waals surface area contributed by atoms with Crippen LogP contribution in [0.25, 0.3) is 11.4 Å². The number of hydrogen-bond donors (Lipinski definition) is 1. The lowest BCUT2D eigenvalue weighted by molar-refractivity contribution is 0.535. The van der Waals surface area contributed by atoms with E-state index in [2.05, 4.69) is 15.2 Å². The SMILES string of the molecule is Cc1occc1-c1nnc(SCc2ccccn2)n1N. The van der Waals surface area contributed by atoms with Gasteiger partial charge in [0.2, 0.25) is 5.16 Å². The van der Waals surface area contributed by atoms with Gasteiger partial charge >= 0.3 is 0 Å². The van der Waals surface area contributed by atoms with Crippen molar-refractivity contribution in [3.05, 3.63) is 48.2 Å². The summed E-state index contributed by atoms with van der Waals surface area (Å²) in [6, 6.07) is 7.64. The van der Waals surface area contributed by atoms with Gasteiger partial charge in [-0.2, -0.15) is 0 Å². The van der Waals surface area contributed by atoms with Gasteiger partial charge in [-0.1, -0.05) is 17.8 Å². The number of nitrogens with zero attached hydrogens (tertiary/aromatic N) is 4. The summed E-state index contributed by atoms with van der Waals surface area (Å²) >= 11 is 1.50. The second-order valence-electron chi connectivity index (χ2n) is 4.18. The van der Waals surface area contributed by atoms with Crippen LogP contribution in [0.1, 0.15) is 11.5 Å². The van der Waals surface area contributed by atoms with Crippen molar-refractivity contribution in [2.75, 3.05) is 5.84 Å². The predicted octanol–water partition coefficient (Wildman–Crippen LogP) is 2.25. The van der Waals surface area contributed by atoms with Crippen molar-refractivity contribution >= 4 is 11.8 Å². The van der Waals surface area contributed by atoms with Crippen LogP contribution >= 0.6 is 11.8 Å². The quantitative estimate of drug-likeness (QED) is 0.585. The lowest BCUT2D eigenvalue weighted by Crippen LogP contribution is -2.11. The Bertz CT molecular complexity index is 707. The molecule has 0 aliphatic heterocycles. The second kappa shape index (κ2) is 5.38. The van der Waals surface area contributed by atoms with Crippen LogP contribution in [0.2, 0.25) is 0 Å². The normalized spacial score (nSPS) is 10.8. The van der Waals surface area contributed by atoms with Gasteiger partial charge in [0, 0.05) is 11.9 Å². The Kier molecular flexibility index (Phi) is 3.42. The molecule has 3 aromatic heterocycles. The standard InChI is InChI=1S/C13H13N5OS/c1-9-11(5-7-19-9)12-16-17-13(18(12)14)20-8-10-4-2-3-6-15-10/h2-7H,8,14H2,1H3. The first-order chi connectivity index (χ1) is 9.75. The molecule has 0 spiro atoms. The maximum Gasteiger partial charge on any atom is 0.210 e. The summed E-state index contributed by atoms with van der Waals surface area (Å²) in [6.07, 6.45) is 3.38. The fourth-order valence-corrected chi connectivity index (χ4v) is 2.57. The Labute approximate surface area is 120 Å². The molecule has 0 saturated heterocycles. The largest absolute Gasteiger partial charge is 0.469 e. The van der Waals surface area contributed by atoms with Crippen molar-refractivity contribution in [1.29, 1.82) is 0 Å². The zero-order valence-corrected chi connectivity index (χ0v) is 11.7. The van der Waals surface area contributed by atoms with Gasteiger partial charge in [0.25, 0.3) is 0 Å². The van der Waals surface area contributed by atoms with Crippen molar-refractivity contribution < 1.29 is 4.42 Å². The Morgan fingerprint density at radius 1 is 1.30 bits per heavy atom. The molecule has 3 rings (SSSR count). The van der Waals surface area contributed by atoms with Gasteiger partial charge in [0.1, 0.15) is 5.76 Å². The first-order valence-electron chi connectivity index (χ1n) is 6.03. The molecule has 0 aliphatic rings. The van der Waals surface area contributed by atoms with E-state index in [0.29, 0.717) is 16.7 Å². The molecule has 20 heavy (non-hydrogen) atoms. The third kappa shape index (κ3) is 2.39. The van der Waals surface area contributed by atoms with E-state index in [-0.39, 0.29) is 0 Å². The van der Waals surface area contributed by atoms with E-state index in [1.807, 2.05) is 31.2 Å². The molecule has 0 aliphatic carbocycles. The zero-order valence-electron chi connectivity index (χ0n) is 10.9. The van der Waals surface area contributed by atoms with Crippen molar-refractivity contribution in [3.8, 4) is 11.4 Å². The molecule has 0 radical (unpaired) electrons. The monoisotopic (exact) mass is 287 g/mol. The Morgan fingerprint density at radius 2 is 2.20 bits per heavy atom. The summed E-state index contributed by atoms with van der Waals surface area (Å²) in [7, 11) is 0. The smallest absolute Gasteiger partial charge is 0.210 e. The number of nitrogens with two attached hydrogens (primary N) is 1. The second-order valence-corrected chi connectivity index (χ2v) is 5.12. The van der Waals surface area contributed by atoms with Crippen LogP contribution < -0.4 is 5.84 Å². The molecule has 0 bridgehead atoms. The van der Waals surface area contributed by atoms with Crippen molar-refractivity contribution in [1.82, 2.24) is 19.9 Å². The summed E-state index contributed by atoms with van der Waals surface area (Å²) in [4.78, 5) is 4.26. The molecule has 6 nitrogen and oxygen atoms in total. The minimum atomic E-state index is 0.597. The molecular weight excluding hydrogens is 274 g/mol. The average molecular weight is 287 g/mol. The maximum absolute atomic E-state index is 6.04. The van der Waals surface area contributed by atoms with E-state index < -0.39 is 0 Å².